The SMILES string of the molecule is CC(NC(=O)c1ccccc1NN)C1CCOC1. The maximum absolute atomic E-state index is 12.1. The zero-order valence-corrected chi connectivity index (χ0v) is 10.5. The number of hydrazine groups is 1. The Morgan fingerprint density at radius 3 is 2.94 bits per heavy atom. The average molecular weight is 249 g/mol. The fourth-order valence-electron chi connectivity index (χ4n) is 2.16. The van der Waals surface area contributed by atoms with Gasteiger partial charge in [0.2, 0.25) is 0 Å². The molecule has 0 spiro atoms. The highest BCUT2D eigenvalue weighted by atomic mass is 16.5. The van der Waals surface area contributed by atoms with Crippen LogP contribution in [0.15, 0.2) is 24.3 Å². The zero-order valence-electron chi connectivity index (χ0n) is 10.5. The fourth-order valence-corrected chi connectivity index (χ4v) is 2.16. The second-order valence-corrected chi connectivity index (χ2v) is 4.58. The van der Waals surface area contributed by atoms with Crippen molar-refractivity contribution in [2.45, 2.75) is 19.4 Å². The first-order valence-electron chi connectivity index (χ1n) is 6.16. The van der Waals surface area contributed by atoms with E-state index in [1.54, 1.807) is 12.1 Å². The lowest BCUT2D eigenvalue weighted by atomic mass is 10.0. The van der Waals surface area contributed by atoms with Crippen LogP contribution in [0.25, 0.3) is 0 Å². The number of hydrogen-bond acceptors (Lipinski definition) is 4. The minimum atomic E-state index is -0.108. The molecule has 98 valence electrons. The Labute approximate surface area is 107 Å². The van der Waals surface area contributed by atoms with Gasteiger partial charge in [-0.05, 0) is 25.5 Å². The van der Waals surface area contributed by atoms with Gasteiger partial charge in [0, 0.05) is 18.6 Å². The molecule has 18 heavy (non-hydrogen) atoms. The van der Waals surface area contributed by atoms with Crippen molar-refractivity contribution in [1.29, 1.82) is 0 Å². The Hall–Kier alpha value is -1.59. The normalized spacial score (nSPS) is 20.4. The lowest BCUT2D eigenvalue weighted by molar-refractivity contribution is 0.0923. The summed E-state index contributed by atoms with van der Waals surface area (Å²) in [5.74, 6) is 5.68. The Morgan fingerprint density at radius 2 is 2.28 bits per heavy atom. The van der Waals surface area contributed by atoms with Crippen LogP contribution in [0, 0.1) is 5.92 Å². The van der Waals surface area contributed by atoms with Gasteiger partial charge in [0.15, 0.2) is 0 Å². The lowest BCUT2D eigenvalue weighted by Gasteiger charge is -2.20. The van der Waals surface area contributed by atoms with E-state index in [9.17, 15) is 4.79 Å². The van der Waals surface area contributed by atoms with Crippen molar-refractivity contribution >= 4 is 11.6 Å². The third kappa shape index (κ3) is 2.80. The van der Waals surface area contributed by atoms with E-state index in [1.807, 2.05) is 19.1 Å². The number of rotatable bonds is 4. The molecule has 0 radical (unpaired) electrons. The smallest absolute Gasteiger partial charge is 0.253 e. The van der Waals surface area contributed by atoms with E-state index in [4.69, 9.17) is 10.6 Å². The highest BCUT2D eigenvalue weighted by Gasteiger charge is 2.24. The maximum Gasteiger partial charge on any atom is 0.253 e. The topological polar surface area (TPSA) is 76.4 Å². The molecule has 0 aromatic heterocycles. The van der Waals surface area contributed by atoms with Gasteiger partial charge >= 0.3 is 0 Å². The molecule has 1 fully saturated rings. The maximum atomic E-state index is 12.1. The number of nitrogen functional groups attached to an aromatic ring is 1. The highest BCUT2D eigenvalue weighted by molar-refractivity contribution is 5.99. The molecule has 2 unspecified atom stereocenters. The van der Waals surface area contributed by atoms with Crippen LogP contribution in [-0.2, 0) is 4.74 Å². The van der Waals surface area contributed by atoms with Crippen molar-refractivity contribution in [3.8, 4) is 0 Å². The Kier molecular flexibility index (Phi) is 4.17. The van der Waals surface area contributed by atoms with Crippen molar-refractivity contribution in [1.82, 2.24) is 5.32 Å². The number of nitrogens with two attached hydrogens (primary N) is 1. The standard InChI is InChI=1S/C13H19N3O2/c1-9(10-6-7-18-8-10)15-13(17)11-4-2-3-5-12(11)16-14/h2-5,9-10,16H,6-8,14H2,1H3,(H,15,17). The number of hydrogen-bond donors (Lipinski definition) is 3. The predicted molar refractivity (Wildman–Crippen MR) is 70.1 cm³/mol. The van der Waals surface area contributed by atoms with Crippen LogP contribution in [0.3, 0.4) is 0 Å². The molecular formula is C13H19N3O2. The first-order valence-corrected chi connectivity index (χ1v) is 6.16. The summed E-state index contributed by atoms with van der Waals surface area (Å²) >= 11 is 0. The Bertz CT molecular complexity index is 416. The molecule has 0 bridgehead atoms. The second kappa shape index (κ2) is 5.84. The van der Waals surface area contributed by atoms with Gasteiger partial charge in [-0.2, -0.15) is 0 Å². The molecule has 5 nitrogen and oxygen atoms in total. The summed E-state index contributed by atoms with van der Waals surface area (Å²) in [5, 5.41) is 3.00. The second-order valence-electron chi connectivity index (χ2n) is 4.58. The minimum Gasteiger partial charge on any atom is -0.381 e. The minimum absolute atomic E-state index is 0.103. The first-order chi connectivity index (χ1) is 8.72. The molecule has 4 N–H and O–H groups in total. The van der Waals surface area contributed by atoms with Crippen LogP contribution < -0.4 is 16.6 Å². The molecule has 2 rings (SSSR count). The van der Waals surface area contributed by atoms with Crippen LogP contribution in [-0.4, -0.2) is 25.2 Å². The van der Waals surface area contributed by atoms with Crippen LogP contribution in [0.5, 0.6) is 0 Å². The van der Waals surface area contributed by atoms with Gasteiger partial charge in [0.05, 0.1) is 17.9 Å². The van der Waals surface area contributed by atoms with Gasteiger partial charge < -0.3 is 15.5 Å². The number of carbonyl (C=O) groups excluding carboxylic acids is 1. The third-order valence-electron chi connectivity index (χ3n) is 3.36. The Morgan fingerprint density at radius 1 is 1.50 bits per heavy atom. The van der Waals surface area contributed by atoms with E-state index in [0.717, 1.165) is 19.6 Å². The lowest BCUT2D eigenvalue weighted by Crippen LogP contribution is -2.38. The first kappa shape index (κ1) is 12.9. The molecular weight excluding hydrogens is 230 g/mol. The number of carbonyl (C=O) groups is 1. The molecule has 5 heteroatoms. The summed E-state index contributed by atoms with van der Waals surface area (Å²) < 4.78 is 5.33. The summed E-state index contributed by atoms with van der Waals surface area (Å²) in [6, 6.07) is 7.28. The molecule has 1 heterocycles. The quantitative estimate of drug-likeness (QED) is 0.552. The van der Waals surface area contributed by atoms with Crippen molar-refractivity contribution < 1.29 is 9.53 Å². The van der Waals surface area contributed by atoms with E-state index in [-0.39, 0.29) is 11.9 Å². The number of para-hydroxylation sites is 1. The highest BCUT2D eigenvalue weighted by Crippen LogP contribution is 2.18. The molecule has 1 aromatic rings. The predicted octanol–water partition coefficient (Wildman–Crippen LogP) is 1.13. The zero-order chi connectivity index (χ0) is 13.0. The van der Waals surface area contributed by atoms with Crippen LogP contribution in [0.2, 0.25) is 0 Å². The Balaban J connectivity index is 2.02. The number of anilines is 1. The molecule has 1 aliphatic heterocycles. The van der Waals surface area contributed by atoms with Gasteiger partial charge in [-0.3, -0.25) is 10.6 Å². The molecule has 0 saturated carbocycles. The van der Waals surface area contributed by atoms with Crippen molar-refractivity contribution in [2.75, 3.05) is 18.6 Å². The van der Waals surface area contributed by atoms with Gasteiger partial charge in [0.25, 0.3) is 5.91 Å². The molecule has 1 amide bonds. The van der Waals surface area contributed by atoms with Gasteiger partial charge in [-0.25, -0.2) is 0 Å². The molecule has 2 atom stereocenters. The van der Waals surface area contributed by atoms with Crippen molar-refractivity contribution in [2.24, 2.45) is 11.8 Å². The summed E-state index contributed by atoms with van der Waals surface area (Å²) in [6.45, 7) is 3.51. The summed E-state index contributed by atoms with van der Waals surface area (Å²) in [7, 11) is 0. The van der Waals surface area contributed by atoms with Gasteiger partial charge in [-0.1, -0.05) is 12.1 Å². The number of ether oxygens (including phenoxy) is 1. The van der Waals surface area contributed by atoms with Crippen LogP contribution >= 0.6 is 0 Å². The molecule has 0 aliphatic carbocycles. The summed E-state index contributed by atoms with van der Waals surface area (Å²) in [4.78, 5) is 12.1. The van der Waals surface area contributed by atoms with Crippen molar-refractivity contribution in [3.63, 3.8) is 0 Å². The third-order valence-corrected chi connectivity index (χ3v) is 3.36. The largest absolute Gasteiger partial charge is 0.381 e. The number of amides is 1. The monoisotopic (exact) mass is 249 g/mol. The fraction of sp³-hybridized carbons (Fsp3) is 0.462. The van der Waals surface area contributed by atoms with Crippen LogP contribution in [0.4, 0.5) is 5.69 Å². The molecule has 1 aliphatic rings. The van der Waals surface area contributed by atoms with Gasteiger partial charge in [-0.15, -0.1) is 0 Å². The van der Waals surface area contributed by atoms with Crippen molar-refractivity contribution in [3.05, 3.63) is 29.8 Å². The van der Waals surface area contributed by atoms with Crippen LogP contribution in [0.1, 0.15) is 23.7 Å². The number of nitrogens with one attached hydrogen (secondary N) is 2. The summed E-state index contributed by atoms with van der Waals surface area (Å²) in [6.07, 6.45) is 0.998. The van der Waals surface area contributed by atoms with E-state index in [0.29, 0.717) is 17.2 Å². The average Bonchev–Trinajstić information content (AvgIpc) is 2.92. The molecule has 1 saturated heterocycles. The van der Waals surface area contributed by atoms with E-state index < -0.39 is 0 Å². The number of benzene rings is 1. The molecule has 1 aromatic carbocycles. The van der Waals surface area contributed by atoms with E-state index in [2.05, 4.69) is 10.7 Å². The van der Waals surface area contributed by atoms with Gasteiger partial charge in [0.1, 0.15) is 0 Å². The van der Waals surface area contributed by atoms with E-state index >= 15 is 0 Å². The summed E-state index contributed by atoms with van der Waals surface area (Å²) in [5.41, 5.74) is 3.72. The van der Waals surface area contributed by atoms with E-state index in [1.165, 1.54) is 0 Å².